The minimum Gasteiger partial charge on any atom is -0.462 e. The Kier molecular flexibility index (Phi) is 5.16. The molecule has 17 heavy (non-hydrogen) atoms. The van der Waals surface area contributed by atoms with Crippen molar-refractivity contribution < 1.29 is 19.1 Å². The number of para-hydroxylation sites is 1. The normalized spacial score (nSPS) is 9.76. The van der Waals surface area contributed by atoms with Gasteiger partial charge in [0.25, 0.3) is 0 Å². The molecular weight excluding hydrogens is 222 g/mol. The molecule has 0 aromatic heterocycles. The van der Waals surface area contributed by atoms with Gasteiger partial charge in [-0.25, -0.2) is 4.79 Å². The molecule has 0 fully saturated rings. The van der Waals surface area contributed by atoms with Crippen LogP contribution < -0.4 is 5.32 Å². The number of carbonyl (C=O) groups is 2. The molecule has 0 atom stereocenters. The highest BCUT2D eigenvalue weighted by Gasteiger charge is 2.14. The van der Waals surface area contributed by atoms with Crippen LogP contribution in [-0.2, 0) is 25.5 Å². The first-order valence-corrected chi connectivity index (χ1v) is 5.15. The van der Waals surface area contributed by atoms with Crippen LogP contribution in [0.5, 0.6) is 0 Å². The van der Waals surface area contributed by atoms with Crippen molar-refractivity contribution in [1.29, 1.82) is 0 Å². The number of methoxy groups -OCH3 is 2. The molecule has 0 unspecified atom stereocenters. The Bertz CT molecular complexity index is 403. The maximum Gasteiger partial charge on any atom is 0.396 e. The van der Waals surface area contributed by atoms with E-state index in [4.69, 9.17) is 4.74 Å². The zero-order valence-corrected chi connectivity index (χ0v) is 9.86. The van der Waals surface area contributed by atoms with E-state index in [1.807, 2.05) is 12.1 Å². The average Bonchev–Trinajstić information content (AvgIpc) is 2.36. The summed E-state index contributed by atoms with van der Waals surface area (Å²) in [6.07, 6.45) is 0.661. The van der Waals surface area contributed by atoms with E-state index in [0.717, 1.165) is 5.56 Å². The van der Waals surface area contributed by atoms with Gasteiger partial charge in [-0.15, -0.1) is 0 Å². The van der Waals surface area contributed by atoms with Crippen LogP contribution >= 0.6 is 0 Å². The summed E-state index contributed by atoms with van der Waals surface area (Å²) >= 11 is 0. The van der Waals surface area contributed by atoms with Gasteiger partial charge in [-0.1, -0.05) is 18.2 Å². The standard InChI is InChI=1S/C12H15NO4/c1-16-8-7-9-5-3-4-6-10(9)13-11(14)12(15)17-2/h3-6H,7-8H2,1-2H3,(H,13,14). The summed E-state index contributed by atoms with van der Waals surface area (Å²) in [4.78, 5) is 22.3. The fraction of sp³-hybridized carbons (Fsp3) is 0.333. The van der Waals surface area contributed by atoms with Crippen molar-refractivity contribution in [1.82, 2.24) is 0 Å². The van der Waals surface area contributed by atoms with Gasteiger partial charge in [0.05, 0.1) is 13.7 Å². The van der Waals surface area contributed by atoms with Crippen molar-refractivity contribution in [3.63, 3.8) is 0 Å². The molecule has 5 nitrogen and oxygen atoms in total. The lowest BCUT2D eigenvalue weighted by atomic mass is 10.1. The van der Waals surface area contributed by atoms with Crippen molar-refractivity contribution in [3.05, 3.63) is 29.8 Å². The lowest BCUT2D eigenvalue weighted by Gasteiger charge is -2.09. The van der Waals surface area contributed by atoms with Gasteiger partial charge in [-0.2, -0.15) is 0 Å². The number of rotatable bonds is 4. The number of benzene rings is 1. The van der Waals surface area contributed by atoms with Gasteiger partial charge < -0.3 is 14.8 Å². The molecule has 1 aromatic carbocycles. The highest BCUT2D eigenvalue weighted by Crippen LogP contribution is 2.15. The summed E-state index contributed by atoms with van der Waals surface area (Å²) in [5.74, 6) is -1.69. The molecule has 0 aliphatic rings. The summed E-state index contributed by atoms with van der Waals surface area (Å²) in [5, 5.41) is 2.50. The number of esters is 1. The van der Waals surface area contributed by atoms with Gasteiger partial charge >= 0.3 is 11.9 Å². The van der Waals surface area contributed by atoms with Crippen LogP contribution in [0.3, 0.4) is 0 Å². The molecule has 5 heteroatoms. The van der Waals surface area contributed by atoms with E-state index in [9.17, 15) is 9.59 Å². The maximum absolute atomic E-state index is 11.4. The molecule has 0 heterocycles. The highest BCUT2D eigenvalue weighted by atomic mass is 16.5. The van der Waals surface area contributed by atoms with Gasteiger partial charge in [0.1, 0.15) is 0 Å². The highest BCUT2D eigenvalue weighted by molar-refractivity contribution is 6.37. The quantitative estimate of drug-likeness (QED) is 0.626. The van der Waals surface area contributed by atoms with Gasteiger partial charge in [0, 0.05) is 12.8 Å². The summed E-state index contributed by atoms with van der Waals surface area (Å²) in [7, 11) is 2.77. The summed E-state index contributed by atoms with van der Waals surface area (Å²) in [5.41, 5.74) is 1.51. The maximum atomic E-state index is 11.4. The number of ether oxygens (including phenoxy) is 2. The second-order valence-corrected chi connectivity index (χ2v) is 3.35. The Labute approximate surface area is 99.7 Å². The van der Waals surface area contributed by atoms with E-state index in [1.54, 1.807) is 19.2 Å². The summed E-state index contributed by atoms with van der Waals surface area (Å²) in [6.45, 7) is 0.547. The third-order valence-electron chi connectivity index (χ3n) is 2.21. The first kappa shape index (κ1) is 13.2. The number of anilines is 1. The Hall–Kier alpha value is -1.88. The molecular formula is C12H15NO4. The van der Waals surface area contributed by atoms with Crippen LogP contribution in [0.1, 0.15) is 5.56 Å². The zero-order valence-electron chi connectivity index (χ0n) is 9.86. The monoisotopic (exact) mass is 237 g/mol. The molecule has 1 N–H and O–H groups in total. The van der Waals surface area contributed by atoms with Crippen molar-refractivity contribution in [2.45, 2.75) is 6.42 Å². The van der Waals surface area contributed by atoms with Crippen molar-refractivity contribution >= 4 is 17.6 Å². The summed E-state index contributed by atoms with van der Waals surface area (Å²) in [6, 6.07) is 7.24. The number of hydrogen-bond donors (Lipinski definition) is 1. The van der Waals surface area contributed by atoms with Gasteiger partial charge in [0.2, 0.25) is 0 Å². The Morgan fingerprint density at radius 2 is 1.94 bits per heavy atom. The van der Waals surface area contributed by atoms with E-state index < -0.39 is 11.9 Å². The Morgan fingerprint density at radius 3 is 2.59 bits per heavy atom. The van der Waals surface area contributed by atoms with Crippen molar-refractivity contribution in [2.24, 2.45) is 0 Å². The van der Waals surface area contributed by atoms with Gasteiger partial charge in [0.15, 0.2) is 0 Å². The molecule has 0 spiro atoms. The van der Waals surface area contributed by atoms with Crippen LogP contribution in [0, 0.1) is 0 Å². The van der Waals surface area contributed by atoms with E-state index in [0.29, 0.717) is 18.7 Å². The third-order valence-corrected chi connectivity index (χ3v) is 2.21. The second-order valence-electron chi connectivity index (χ2n) is 3.35. The Morgan fingerprint density at radius 1 is 1.24 bits per heavy atom. The van der Waals surface area contributed by atoms with Gasteiger partial charge in [-0.05, 0) is 18.1 Å². The van der Waals surface area contributed by atoms with Crippen molar-refractivity contribution in [3.8, 4) is 0 Å². The van der Waals surface area contributed by atoms with Crippen LogP contribution in [0.15, 0.2) is 24.3 Å². The topological polar surface area (TPSA) is 64.6 Å². The molecule has 0 saturated heterocycles. The molecule has 1 aromatic rings. The van der Waals surface area contributed by atoms with E-state index in [2.05, 4.69) is 10.1 Å². The number of carbonyl (C=O) groups excluding carboxylic acids is 2. The molecule has 1 amide bonds. The molecule has 0 radical (unpaired) electrons. The molecule has 1 rings (SSSR count). The third kappa shape index (κ3) is 3.88. The van der Waals surface area contributed by atoms with Crippen LogP contribution in [0.2, 0.25) is 0 Å². The predicted octanol–water partition coefficient (Wildman–Crippen LogP) is 0.987. The molecule has 92 valence electrons. The van der Waals surface area contributed by atoms with E-state index in [1.165, 1.54) is 7.11 Å². The number of amides is 1. The van der Waals surface area contributed by atoms with Crippen LogP contribution in [-0.4, -0.2) is 32.7 Å². The number of hydrogen-bond acceptors (Lipinski definition) is 4. The lowest BCUT2D eigenvalue weighted by Crippen LogP contribution is -2.24. The van der Waals surface area contributed by atoms with Gasteiger partial charge in [-0.3, -0.25) is 4.79 Å². The average molecular weight is 237 g/mol. The fourth-order valence-corrected chi connectivity index (χ4v) is 1.34. The minimum atomic E-state index is -0.911. The molecule has 0 bridgehead atoms. The lowest BCUT2D eigenvalue weighted by molar-refractivity contribution is -0.150. The zero-order chi connectivity index (χ0) is 12.7. The van der Waals surface area contributed by atoms with Crippen molar-refractivity contribution in [2.75, 3.05) is 26.1 Å². The van der Waals surface area contributed by atoms with Crippen LogP contribution in [0.4, 0.5) is 5.69 Å². The molecule has 0 aliphatic carbocycles. The first-order valence-electron chi connectivity index (χ1n) is 5.15. The SMILES string of the molecule is COCCc1ccccc1NC(=O)C(=O)OC. The van der Waals surface area contributed by atoms with Crippen LogP contribution in [0.25, 0.3) is 0 Å². The Balaban J connectivity index is 2.76. The number of nitrogens with one attached hydrogen (secondary N) is 1. The van der Waals surface area contributed by atoms with E-state index in [-0.39, 0.29) is 0 Å². The summed E-state index contributed by atoms with van der Waals surface area (Å²) < 4.78 is 9.30. The largest absolute Gasteiger partial charge is 0.462 e. The molecule has 0 saturated carbocycles. The minimum absolute atomic E-state index is 0.547. The van der Waals surface area contributed by atoms with E-state index >= 15 is 0 Å². The predicted molar refractivity (Wildman–Crippen MR) is 62.7 cm³/mol. The second kappa shape index (κ2) is 6.65. The first-order chi connectivity index (χ1) is 8.19. The molecule has 0 aliphatic heterocycles. The fourth-order valence-electron chi connectivity index (χ4n) is 1.34. The smallest absolute Gasteiger partial charge is 0.396 e.